The number of amides is 1. The zero-order valence-electron chi connectivity index (χ0n) is 15.9. The number of carbonyl (C=O) groups excluding carboxylic acids is 2. The van der Waals surface area contributed by atoms with E-state index in [0.717, 1.165) is 10.8 Å². The summed E-state index contributed by atoms with van der Waals surface area (Å²) in [7, 11) is 0. The molecule has 0 spiro atoms. The van der Waals surface area contributed by atoms with Crippen LogP contribution in [0, 0.1) is 0 Å². The zero-order chi connectivity index (χ0) is 20.0. The number of nitrogens with zero attached hydrogens (tertiary/aromatic N) is 2. The lowest BCUT2D eigenvalue weighted by Crippen LogP contribution is -2.45. The maximum absolute atomic E-state index is 12.6. The molecule has 1 aliphatic rings. The predicted octanol–water partition coefficient (Wildman–Crippen LogP) is 2.08. The third kappa shape index (κ3) is 4.12. The maximum Gasteiger partial charge on any atom is 0.356 e. The van der Waals surface area contributed by atoms with Crippen LogP contribution in [0.1, 0.15) is 30.8 Å². The second-order valence-electron chi connectivity index (χ2n) is 6.34. The van der Waals surface area contributed by atoms with Crippen LogP contribution < -0.4 is 5.32 Å². The Hall–Kier alpha value is -3.00. The van der Waals surface area contributed by atoms with Crippen molar-refractivity contribution in [3.63, 3.8) is 0 Å². The Kier molecular flexibility index (Phi) is 6.20. The Bertz CT molecular complexity index is 893. The molecule has 0 aliphatic carbocycles. The van der Waals surface area contributed by atoms with Gasteiger partial charge in [-0.25, -0.2) is 4.79 Å². The number of esters is 1. The summed E-state index contributed by atoms with van der Waals surface area (Å²) in [6, 6.07) is 9.38. The minimum Gasteiger partial charge on any atom is -0.463 e. The van der Waals surface area contributed by atoms with Gasteiger partial charge in [-0.2, -0.15) is 0 Å². The van der Waals surface area contributed by atoms with E-state index in [4.69, 9.17) is 14.3 Å². The topological polar surface area (TPSA) is 99.1 Å². The first-order valence-electron chi connectivity index (χ1n) is 9.20. The van der Waals surface area contributed by atoms with Crippen LogP contribution in [0.4, 0.5) is 0 Å². The first kappa shape index (κ1) is 19.8. The second kappa shape index (κ2) is 8.79. The number of rotatable bonds is 8. The molecule has 1 atom stereocenters. The van der Waals surface area contributed by atoms with Gasteiger partial charge < -0.3 is 19.6 Å². The molecule has 1 N–H and O–H groups in total. The molecule has 1 amide bonds. The third-order valence-electron chi connectivity index (χ3n) is 4.37. The maximum atomic E-state index is 12.6. The number of pyridine rings is 1. The minimum atomic E-state index is -1.30. The summed E-state index contributed by atoms with van der Waals surface area (Å²) in [6.45, 7) is 4.39. The van der Waals surface area contributed by atoms with Crippen molar-refractivity contribution in [3.8, 4) is 0 Å². The molecule has 8 nitrogen and oxygen atoms in total. The minimum absolute atomic E-state index is 0.0359. The number of benzene rings is 1. The molecule has 1 aromatic carbocycles. The molecule has 1 aromatic heterocycles. The summed E-state index contributed by atoms with van der Waals surface area (Å²) in [5.74, 6) is -0.845. The average Bonchev–Trinajstić information content (AvgIpc) is 3.15. The number of carbonyl (C=O) groups is 2. The quantitative estimate of drug-likeness (QED) is 0.699. The van der Waals surface area contributed by atoms with E-state index in [1.165, 1.54) is 0 Å². The first-order chi connectivity index (χ1) is 13.6. The van der Waals surface area contributed by atoms with E-state index in [0.29, 0.717) is 18.0 Å². The van der Waals surface area contributed by atoms with Crippen LogP contribution in [0.3, 0.4) is 0 Å². The smallest absolute Gasteiger partial charge is 0.356 e. The standard InChI is InChI=1S/C20H23N3O5/c1-3-26-13-20(19(25)27-4-2)11-15(23-28-20)12-22-18(24)17-16-8-6-5-7-14(16)9-10-21-17/h5-10H,3-4,11-13H2,1-2H3,(H,22,24). The summed E-state index contributed by atoms with van der Waals surface area (Å²) in [4.78, 5) is 34.5. The molecule has 0 bridgehead atoms. The van der Waals surface area contributed by atoms with Gasteiger partial charge in [0.25, 0.3) is 11.5 Å². The van der Waals surface area contributed by atoms with Crippen LogP contribution in [-0.2, 0) is 19.1 Å². The van der Waals surface area contributed by atoms with Crippen molar-refractivity contribution in [2.24, 2.45) is 5.16 Å². The number of aromatic nitrogens is 1. The number of nitrogens with one attached hydrogen (secondary N) is 1. The lowest BCUT2D eigenvalue weighted by atomic mass is 9.98. The largest absolute Gasteiger partial charge is 0.463 e. The first-order valence-corrected chi connectivity index (χ1v) is 9.20. The van der Waals surface area contributed by atoms with Gasteiger partial charge >= 0.3 is 5.97 Å². The highest BCUT2D eigenvalue weighted by molar-refractivity contribution is 6.06. The third-order valence-corrected chi connectivity index (χ3v) is 4.37. The number of fused-ring (bicyclic) bond motifs is 1. The molecule has 3 rings (SSSR count). The van der Waals surface area contributed by atoms with Gasteiger partial charge in [0.15, 0.2) is 0 Å². The average molecular weight is 385 g/mol. The van der Waals surface area contributed by atoms with E-state index >= 15 is 0 Å². The van der Waals surface area contributed by atoms with E-state index in [9.17, 15) is 9.59 Å². The Morgan fingerprint density at radius 3 is 2.82 bits per heavy atom. The van der Waals surface area contributed by atoms with Gasteiger partial charge in [0.05, 0.1) is 18.9 Å². The van der Waals surface area contributed by atoms with Gasteiger partial charge in [0.2, 0.25) is 0 Å². The fraction of sp³-hybridized carbons (Fsp3) is 0.400. The van der Waals surface area contributed by atoms with Crippen molar-refractivity contribution in [2.45, 2.75) is 25.9 Å². The van der Waals surface area contributed by atoms with Crippen molar-refractivity contribution in [1.82, 2.24) is 10.3 Å². The van der Waals surface area contributed by atoms with Crippen LogP contribution in [-0.4, -0.2) is 54.5 Å². The fourth-order valence-corrected chi connectivity index (χ4v) is 2.98. The van der Waals surface area contributed by atoms with E-state index < -0.39 is 11.6 Å². The molecule has 1 aliphatic heterocycles. The number of hydrogen-bond acceptors (Lipinski definition) is 7. The van der Waals surface area contributed by atoms with Gasteiger partial charge in [0.1, 0.15) is 12.3 Å². The van der Waals surface area contributed by atoms with Crippen molar-refractivity contribution in [2.75, 3.05) is 26.4 Å². The number of oxime groups is 1. The molecule has 0 radical (unpaired) electrons. The van der Waals surface area contributed by atoms with Gasteiger partial charge in [-0.15, -0.1) is 0 Å². The summed E-state index contributed by atoms with van der Waals surface area (Å²) < 4.78 is 10.5. The van der Waals surface area contributed by atoms with Gasteiger partial charge in [-0.1, -0.05) is 29.4 Å². The molecule has 2 aromatic rings. The van der Waals surface area contributed by atoms with E-state index in [-0.39, 0.29) is 32.1 Å². The molecule has 148 valence electrons. The highest BCUT2D eigenvalue weighted by Gasteiger charge is 2.48. The normalized spacial score (nSPS) is 18.4. The number of hydrogen-bond donors (Lipinski definition) is 1. The highest BCUT2D eigenvalue weighted by atomic mass is 16.7. The highest BCUT2D eigenvalue weighted by Crippen LogP contribution is 2.26. The SMILES string of the molecule is CCOCC1(C(=O)OCC)CC(CNC(=O)c2nccc3ccccc23)=NO1. The van der Waals surface area contributed by atoms with Gasteiger partial charge in [-0.3, -0.25) is 9.78 Å². The van der Waals surface area contributed by atoms with Crippen LogP contribution in [0.5, 0.6) is 0 Å². The molecular formula is C20H23N3O5. The van der Waals surface area contributed by atoms with Crippen molar-refractivity contribution >= 4 is 28.4 Å². The molecular weight excluding hydrogens is 362 g/mol. The molecule has 1 unspecified atom stereocenters. The van der Waals surface area contributed by atoms with Crippen LogP contribution >= 0.6 is 0 Å². The Morgan fingerprint density at radius 2 is 2.04 bits per heavy atom. The van der Waals surface area contributed by atoms with Gasteiger partial charge in [-0.05, 0) is 25.3 Å². The lowest BCUT2D eigenvalue weighted by Gasteiger charge is -2.23. The zero-order valence-corrected chi connectivity index (χ0v) is 15.9. The van der Waals surface area contributed by atoms with Crippen LogP contribution in [0.25, 0.3) is 10.8 Å². The Labute approximate surface area is 162 Å². The second-order valence-corrected chi connectivity index (χ2v) is 6.34. The monoisotopic (exact) mass is 385 g/mol. The van der Waals surface area contributed by atoms with Crippen molar-refractivity contribution in [1.29, 1.82) is 0 Å². The summed E-state index contributed by atoms with van der Waals surface area (Å²) in [6.07, 6.45) is 1.79. The fourth-order valence-electron chi connectivity index (χ4n) is 2.98. The molecule has 0 saturated carbocycles. The molecule has 2 heterocycles. The van der Waals surface area contributed by atoms with E-state index in [2.05, 4.69) is 15.5 Å². The Balaban J connectivity index is 1.66. The van der Waals surface area contributed by atoms with Crippen molar-refractivity contribution < 1.29 is 23.9 Å². The lowest BCUT2D eigenvalue weighted by molar-refractivity contribution is -0.176. The van der Waals surface area contributed by atoms with Crippen LogP contribution in [0.2, 0.25) is 0 Å². The molecule has 0 saturated heterocycles. The number of ether oxygens (including phenoxy) is 2. The molecule has 8 heteroatoms. The summed E-state index contributed by atoms with van der Waals surface area (Å²) >= 11 is 0. The van der Waals surface area contributed by atoms with Gasteiger partial charge in [0, 0.05) is 24.6 Å². The predicted molar refractivity (Wildman–Crippen MR) is 103 cm³/mol. The molecule has 28 heavy (non-hydrogen) atoms. The summed E-state index contributed by atoms with van der Waals surface area (Å²) in [5, 5.41) is 8.47. The van der Waals surface area contributed by atoms with E-state index in [1.807, 2.05) is 37.3 Å². The van der Waals surface area contributed by atoms with Crippen LogP contribution in [0.15, 0.2) is 41.7 Å². The summed E-state index contributed by atoms with van der Waals surface area (Å²) in [5.41, 5.74) is -0.436. The Morgan fingerprint density at radius 1 is 1.21 bits per heavy atom. The van der Waals surface area contributed by atoms with Crippen molar-refractivity contribution in [3.05, 3.63) is 42.2 Å². The molecule has 0 fully saturated rings. The van der Waals surface area contributed by atoms with E-state index in [1.54, 1.807) is 13.1 Å².